The quantitative estimate of drug-likeness (QED) is 0.324. The lowest BCUT2D eigenvalue weighted by Crippen LogP contribution is -2.06. The van der Waals surface area contributed by atoms with Gasteiger partial charge >= 0.3 is 6.18 Å². The average molecular weight is 520 g/mol. The van der Waals surface area contributed by atoms with Crippen LogP contribution in [0.1, 0.15) is 35.8 Å². The summed E-state index contributed by atoms with van der Waals surface area (Å²) < 4.78 is 50.1. The lowest BCUT2D eigenvalue weighted by atomic mass is 10.1. The average Bonchev–Trinajstić information content (AvgIpc) is 3.65. The molecule has 0 bridgehead atoms. The highest BCUT2D eigenvalue weighted by atomic mass is 19.4. The number of fused-ring (bicyclic) bond motifs is 1. The lowest BCUT2D eigenvalue weighted by Gasteiger charge is -2.13. The topological polar surface area (TPSA) is 124 Å². The molecule has 192 valence electrons. The van der Waals surface area contributed by atoms with Gasteiger partial charge in [0.1, 0.15) is 30.0 Å². The normalized spacial score (nSPS) is 13.6. The van der Waals surface area contributed by atoms with E-state index in [2.05, 4.69) is 39.9 Å². The fourth-order valence-corrected chi connectivity index (χ4v) is 3.97. The largest absolute Gasteiger partial charge is 0.480 e. The summed E-state index contributed by atoms with van der Waals surface area (Å²) in [6.45, 7) is 0.0340. The van der Waals surface area contributed by atoms with Crippen LogP contribution < -0.4 is 9.47 Å². The van der Waals surface area contributed by atoms with Gasteiger partial charge in [-0.3, -0.25) is 4.98 Å². The number of nitrogens with one attached hydrogen (secondary N) is 1. The molecule has 10 nitrogen and oxygen atoms in total. The number of hydrogen-bond donors (Lipinski definition) is 1. The number of nitrogens with zero attached hydrogens (tertiary/aromatic N) is 7. The molecule has 1 N–H and O–H groups in total. The number of rotatable bonds is 7. The molecule has 0 aliphatic heterocycles. The molecular weight excluding hydrogens is 501 g/mol. The Morgan fingerprint density at radius 3 is 2.55 bits per heavy atom. The molecule has 0 aromatic carbocycles. The van der Waals surface area contributed by atoms with Crippen LogP contribution in [-0.2, 0) is 12.8 Å². The van der Waals surface area contributed by atoms with Crippen LogP contribution in [0.15, 0.2) is 49.2 Å². The molecule has 1 aliphatic carbocycles. The smallest absolute Gasteiger partial charge is 0.432 e. The standard InChI is InChI=1S/C25H19F3N8O2/c1-37-23-18(19(13-4-5-13)32-12-33-23)22-34-16-3-2-8-29-20(16)24(36-22)38-11-15-7-6-14(9-30-15)21-31-10-17(35-21)25(26,27)28/h2-3,6-10,12-13H,4-5,11H2,1H3,(H,31,35). The summed E-state index contributed by atoms with van der Waals surface area (Å²) >= 11 is 0. The Morgan fingerprint density at radius 1 is 0.974 bits per heavy atom. The van der Waals surface area contributed by atoms with Crippen LogP contribution in [0.2, 0.25) is 0 Å². The molecule has 6 rings (SSSR count). The van der Waals surface area contributed by atoms with Gasteiger partial charge in [0.15, 0.2) is 11.3 Å². The highest BCUT2D eigenvalue weighted by molar-refractivity contribution is 5.82. The molecule has 0 saturated heterocycles. The van der Waals surface area contributed by atoms with Crippen molar-refractivity contribution in [3.63, 3.8) is 0 Å². The third-order valence-corrected chi connectivity index (χ3v) is 5.98. The van der Waals surface area contributed by atoms with Gasteiger partial charge in [-0.05, 0) is 37.1 Å². The van der Waals surface area contributed by atoms with Crippen LogP contribution in [0.25, 0.3) is 33.8 Å². The number of methoxy groups -OCH3 is 1. The first-order valence-electron chi connectivity index (χ1n) is 11.6. The van der Waals surface area contributed by atoms with Crippen LogP contribution in [0.5, 0.6) is 11.8 Å². The van der Waals surface area contributed by atoms with E-state index in [0.29, 0.717) is 45.5 Å². The van der Waals surface area contributed by atoms with Crippen molar-refractivity contribution in [2.24, 2.45) is 0 Å². The minimum Gasteiger partial charge on any atom is -0.480 e. The first-order valence-corrected chi connectivity index (χ1v) is 11.6. The summed E-state index contributed by atoms with van der Waals surface area (Å²) in [4.78, 5) is 32.8. The highest BCUT2D eigenvalue weighted by Gasteiger charge is 2.33. The van der Waals surface area contributed by atoms with E-state index in [9.17, 15) is 13.2 Å². The molecule has 5 aromatic rings. The van der Waals surface area contributed by atoms with Crippen molar-refractivity contribution in [1.29, 1.82) is 0 Å². The van der Waals surface area contributed by atoms with E-state index in [0.717, 1.165) is 24.7 Å². The number of aromatic nitrogens is 8. The summed E-state index contributed by atoms with van der Waals surface area (Å²) in [5.74, 6) is 1.34. The van der Waals surface area contributed by atoms with Gasteiger partial charge in [-0.25, -0.2) is 24.9 Å². The van der Waals surface area contributed by atoms with Gasteiger partial charge in [0.25, 0.3) is 0 Å². The Hall–Kier alpha value is -4.68. The van der Waals surface area contributed by atoms with Crippen molar-refractivity contribution in [1.82, 2.24) is 39.9 Å². The first-order chi connectivity index (χ1) is 18.4. The van der Waals surface area contributed by atoms with Crippen molar-refractivity contribution < 1.29 is 22.6 Å². The number of hydrogen-bond acceptors (Lipinski definition) is 9. The molecule has 1 fully saturated rings. The molecule has 0 radical (unpaired) electrons. The summed E-state index contributed by atoms with van der Waals surface area (Å²) in [5, 5.41) is 0. The van der Waals surface area contributed by atoms with Crippen LogP contribution in [0, 0.1) is 0 Å². The Bertz CT molecular complexity index is 1620. The van der Waals surface area contributed by atoms with Gasteiger partial charge in [-0.1, -0.05) is 0 Å². The maximum Gasteiger partial charge on any atom is 0.432 e. The summed E-state index contributed by atoms with van der Waals surface area (Å²) in [5.41, 5.74) is 2.49. The Kier molecular flexibility index (Phi) is 5.81. The Balaban J connectivity index is 1.30. The number of ether oxygens (including phenoxy) is 2. The van der Waals surface area contributed by atoms with Gasteiger partial charge in [-0.15, -0.1) is 0 Å². The van der Waals surface area contributed by atoms with Gasteiger partial charge in [-0.2, -0.15) is 18.2 Å². The van der Waals surface area contributed by atoms with Crippen molar-refractivity contribution in [2.75, 3.05) is 7.11 Å². The number of alkyl halides is 3. The minimum absolute atomic E-state index is 0.0340. The number of aromatic amines is 1. The molecule has 5 aromatic heterocycles. The first kappa shape index (κ1) is 23.7. The maximum absolute atomic E-state index is 12.9. The fraction of sp³-hybridized carbons (Fsp3) is 0.240. The number of H-pyrrole nitrogens is 1. The molecule has 1 saturated carbocycles. The van der Waals surface area contributed by atoms with Gasteiger partial charge < -0.3 is 14.5 Å². The molecule has 13 heteroatoms. The minimum atomic E-state index is -4.50. The molecule has 0 spiro atoms. The number of pyridine rings is 2. The molecule has 0 atom stereocenters. The van der Waals surface area contributed by atoms with Crippen molar-refractivity contribution in [3.05, 3.63) is 66.3 Å². The van der Waals surface area contributed by atoms with Crippen molar-refractivity contribution in [2.45, 2.75) is 31.5 Å². The number of imidazole rings is 1. The summed E-state index contributed by atoms with van der Waals surface area (Å²) in [6.07, 6.45) is 2.79. The molecule has 0 unspecified atom stereocenters. The van der Waals surface area contributed by atoms with E-state index in [1.54, 1.807) is 30.5 Å². The van der Waals surface area contributed by atoms with Crippen LogP contribution in [-0.4, -0.2) is 47.0 Å². The second-order valence-electron chi connectivity index (χ2n) is 8.61. The zero-order chi connectivity index (χ0) is 26.3. The Labute approximate surface area is 213 Å². The summed E-state index contributed by atoms with van der Waals surface area (Å²) in [7, 11) is 1.53. The second-order valence-corrected chi connectivity index (χ2v) is 8.61. The molecule has 1 aliphatic rings. The van der Waals surface area contributed by atoms with Crippen LogP contribution >= 0.6 is 0 Å². The van der Waals surface area contributed by atoms with Gasteiger partial charge in [0, 0.05) is 23.9 Å². The SMILES string of the molecule is COc1ncnc(C2CC2)c1-c1nc(OCc2ccc(-c3ncc(C(F)(F)F)[nH]3)cn2)c2ncccc2n1. The van der Waals surface area contributed by atoms with E-state index in [4.69, 9.17) is 9.47 Å². The lowest BCUT2D eigenvalue weighted by molar-refractivity contribution is -0.140. The van der Waals surface area contributed by atoms with Crippen LogP contribution in [0.3, 0.4) is 0 Å². The van der Waals surface area contributed by atoms with E-state index in [-0.39, 0.29) is 18.3 Å². The maximum atomic E-state index is 12.9. The van der Waals surface area contributed by atoms with E-state index < -0.39 is 11.9 Å². The van der Waals surface area contributed by atoms with Crippen LogP contribution in [0.4, 0.5) is 13.2 Å². The predicted octanol–water partition coefficient (Wildman–Crippen LogP) is 4.75. The fourth-order valence-electron chi connectivity index (χ4n) is 3.97. The van der Waals surface area contributed by atoms with Crippen molar-refractivity contribution in [3.8, 4) is 34.5 Å². The summed E-state index contributed by atoms with van der Waals surface area (Å²) in [6, 6.07) is 6.82. The monoisotopic (exact) mass is 520 g/mol. The molecule has 38 heavy (non-hydrogen) atoms. The third-order valence-electron chi connectivity index (χ3n) is 5.98. The van der Waals surface area contributed by atoms with E-state index >= 15 is 0 Å². The van der Waals surface area contributed by atoms with Crippen molar-refractivity contribution >= 4 is 11.0 Å². The van der Waals surface area contributed by atoms with Gasteiger partial charge in [0.2, 0.25) is 11.8 Å². The highest BCUT2D eigenvalue weighted by Crippen LogP contribution is 2.45. The molecule has 5 heterocycles. The zero-order valence-electron chi connectivity index (χ0n) is 19.9. The number of halogens is 3. The van der Waals surface area contributed by atoms with Gasteiger partial charge in [0.05, 0.1) is 30.2 Å². The molecular formula is C25H19F3N8O2. The predicted molar refractivity (Wildman–Crippen MR) is 128 cm³/mol. The third kappa shape index (κ3) is 4.58. The van der Waals surface area contributed by atoms with E-state index in [1.165, 1.54) is 19.6 Å². The van der Waals surface area contributed by atoms with E-state index in [1.807, 2.05) is 0 Å². The molecule has 0 amide bonds. The second kappa shape index (κ2) is 9.32. The Morgan fingerprint density at radius 2 is 1.84 bits per heavy atom. The zero-order valence-corrected chi connectivity index (χ0v) is 19.9.